The Balaban J connectivity index is 1.05. The lowest BCUT2D eigenvalue weighted by Crippen LogP contribution is -2.02. The third-order valence-electron chi connectivity index (χ3n) is 13.1. The van der Waals surface area contributed by atoms with Crippen LogP contribution in [0.5, 0.6) is 0 Å². The van der Waals surface area contributed by atoms with Gasteiger partial charge in [0.05, 0.1) is 39.5 Å². The number of para-hydroxylation sites is 1. The lowest BCUT2D eigenvalue weighted by atomic mass is 9.99. The SMILES string of the molecule is c1ccc(-c2cc(-c3ccc(-n4c5ccccc5c5cc(-c6nc(-c7ccccc7)nc(-c7ccccc7)n6)ccc54)c(-c4cc(-c5ccccc5)nc(-c5ccccc5)n4)c3)nc(-c3ccccc3)n2)cc1. The first kappa shape index (κ1) is 43.0. The van der Waals surface area contributed by atoms with Crippen molar-refractivity contribution in [2.24, 2.45) is 0 Å². The van der Waals surface area contributed by atoms with E-state index in [1.165, 1.54) is 0 Å². The fourth-order valence-corrected chi connectivity index (χ4v) is 9.53. The minimum absolute atomic E-state index is 0.592. The number of benzene rings is 9. The van der Waals surface area contributed by atoms with Crippen LogP contribution >= 0.6 is 0 Å². The van der Waals surface area contributed by atoms with Gasteiger partial charge in [-0.05, 0) is 48.5 Å². The Labute approximate surface area is 421 Å². The van der Waals surface area contributed by atoms with Crippen LogP contribution in [0.4, 0.5) is 0 Å². The number of hydrogen-bond donors (Lipinski definition) is 0. The third kappa shape index (κ3) is 8.39. The van der Waals surface area contributed by atoms with Gasteiger partial charge in [0.15, 0.2) is 29.1 Å². The van der Waals surface area contributed by atoms with E-state index in [9.17, 15) is 0 Å². The highest BCUT2D eigenvalue weighted by Gasteiger charge is 2.22. The second-order valence-electron chi connectivity index (χ2n) is 17.7. The van der Waals surface area contributed by atoms with Gasteiger partial charge in [-0.2, -0.15) is 0 Å². The molecule has 0 bridgehead atoms. The van der Waals surface area contributed by atoms with Gasteiger partial charge in [-0.1, -0.05) is 206 Å². The van der Waals surface area contributed by atoms with E-state index in [1.807, 2.05) is 133 Å². The maximum atomic E-state index is 5.44. The average Bonchev–Trinajstić information content (AvgIpc) is 3.81. The topological polar surface area (TPSA) is 95.2 Å². The Morgan fingerprint density at radius 2 is 0.575 bits per heavy atom. The van der Waals surface area contributed by atoms with Crippen molar-refractivity contribution < 1.29 is 0 Å². The Morgan fingerprint density at radius 1 is 0.219 bits per heavy atom. The number of rotatable bonds is 10. The van der Waals surface area contributed by atoms with Gasteiger partial charge < -0.3 is 4.57 Å². The maximum absolute atomic E-state index is 5.44. The lowest BCUT2D eigenvalue weighted by Gasteiger charge is -2.17. The first-order valence-electron chi connectivity index (χ1n) is 24.2. The average molecular weight is 935 g/mol. The summed E-state index contributed by atoms with van der Waals surface area (Å²) in [5.41, 5.74) is 14.6. The van der Waals surface area contributed by atoms with E-state index in [0.717, 1.165) is 100 Å². The largest absolute Gasteiger partial charge is 0.309 e. The van der Waals surface area contributed by atoms with Crippen LogP contribution in [0.2, 0.25) is 0 Å². The molecule has 13 rings (SSSR count). The Kier molecular flexibility index (Phi) is 11.0. The molecule has 0 spiro atoms. The monoisotopic (exact) mass is 934 g/mol. The van der Waals surface area contributed by atoms with Crippen LogP contribution in [0.3, 0.4) is 0 Å². The molecule has 73 heavy (non-hydrogen) atoms. The molecule has 0 amide bonds. The van der Waals surface area contributed by atoms with Crippen LogP contribution < -0.4 is 0 Å². The molecule has 4 heterocycles. The van der Waals surface area contributed by atoms with Crippen LogP contribution in [-0.4, -0.2) is 39.5 Å². The molecule has 0 saturated heterocycles. The van der Waals surface area contributed by atoms with Crippen LogP contribution in [-0.2, 0) is 0 Å². The summed E-state index contributed by atoms with van der Waals surface area (Å²) < 4.78 is 2.35. The summed E-state index contributed by atoms with van der Waals surface area (Å²) in [6, 6.07) is 87.0. The highest BCUT2D eigenvalue weighted by Crippen LogP contribution is 2.41. The Hall–Kier alpha value is -10.1. The molecule has 4 aromatic heterocycles. The molecule has 0 saturated carbocycles. The highest BCUT2D eigenvalue weighted by molar-refractivity contribution is 6.11. The van der Waals surface area contributed by atoms with Crippen molar-refractivity contribution in [3.63, 3.8) is 0 Å². The molecule has 0 N–H and O–H groups in total. The molecule has 0 unspecified atom stereocenters. The zero-order valence-corrected chi connectivity index (χ0v) is 39.3. The normalized spacial score (nSPS) is 11.3. The van der Waals surface area contributed by atoms with Crippen LogP contribution in [0.25, 0.3) is 129 Å². The molecular formula is C65H42N8. The van der Waals surface area contributed by atoms with E-state index in [4.69, 9.17) is 34.9 Å². The molecule has 0 aliphatic heterocycles. The Bertz CT molecular complexity index is 3940. The smallest absolute Gasteiger partial charge is 0.164 e. The molecule has 342 valence electrons. The summed E-state index contributed by atoms with van der Waals surface area (Å²) in [7, 11) is 0. The zero-order valence-electron chi connectivity index (χ0n) is 39.3. The summed E-state index contributed by atoms with van der Waals surface area (Å²) in [6.07, 6.45) is 0. The zero-order chi connectivity index (χ0) is 48.5. The van der Waals surface area contributed by atoms with Gasteiger partial charge in [-0.15, -0.1) is 0 Å². The van der Waals surface area contributed by atoms with Crippen LogP contribution in [0, 0.1) is 0 Å². The van der Waals surface area contributed by atoms with Gasteiger partial charge >= 0.3 is 0 Å². The number of aromatic nitrogens is 8. The van der Waals surface area contributed by atoms with Crippen molar-refractivity contribution in [2.45, 2.75) is 0 Å². The van der Waals surface area contributed by atoms with E-state index in [-0.39, 0.29) is 0 Å². The van der Waals surface area contributed by atoms with Gasteiger partial charge in [0.1, 0.15) is 0 Å². The first-order valence-corrected chi connectivity index (χ1v) is 24.2. The fraction of sp³-hybridized carbons (Fsp3) is 0. The van der Waals surface area contributed by atoms with Crippen molar-refractivity contribution in [1.82, 2.24) is 39.5 Å². The summed E-state index contributed by atoms with van der Waals surface area (Å²) in [5, 5.41) is 2.14. The van der Waals surface area contributed by atoms with Crippen LogP contribution in [0.15, 0.2) is 255 Å². The summed E-state index contributed by atoms with van der Waals surface area (Å²) in [5.74, 6) is 3.09. The second kappa shape index (κ2) is 18.7. The van der Waals surface area contributed by atoms with Gasteiger partial charge in [0, 0.05) is 60.8 Å². The van der Waals surface area contributed by atoms with Crippen LogP contribution in [0.1, 0.15) is 0 Å². The van der Waals surface area contributed by atoms with Crippen molar-refractivity contribution >= 4 is 21.8 Å². The molecule has 8 heteroatoms. The van der Waals surface area contributed by atoms with Gasteiger partial charge in [0.2, 0.25) is 0 Å². The fourth-order valence-electron chi connectivity index (χ4n) is 9.53. The van der Waals surface area contributed by atoms with Crippen molar-refractivity contribution in [1.29, 1.82) is 0 Å². The predicted octanol–water partition coefficient (Wildman–Crippen LogP) is 15.6. The van der Waals surface area contributed by atoms with Gasteiger partial charge in [0.25, 0.3) is 0 Å². The molecule has 9 aromatic carbocycles. The summed E-state index contributed by atoms with van der Waals surface area (Å²) in [4.78, 5) is 36.2. The molecule has 13 aromatic rings. The summed E-state index contributed by atoms with van der Waals surface area (Å²) in [6.45, 7) is 0. The molecule has 0 aliphatic carbocycles. The van der Waals surface area contributed by atoms with Crippen molar-refractivity contribution in [3.8, 4) is 108 Å². The second-order valence-corrected chi connectivity index (χ2v) is 17.7. The standard InChI is InChI=1S/C65H42N8/c1-7-21-43(22-8-1)54-41-56(68-61(66-54)45-25-11-3-12-26-45)49-35-37-60(53(39-49)57-42-55(44-23-9-2-10-24-44)67-62(69-57)46-27-13-4-14-28-46)73-58-34-20-19-33-51(58)52-40-50(36-38-59(52)73)65-71-63(47-29-15-5-16-30-47)70-64(72-65)48-31-17-6-18-32-48/h1-42H. The summed E-state index contributed by atoms with van der Waals surface area (Å²) >= 11 is 0. The predicted molar refractivity (Wildman–Crippen MR) is 294 cm³/mol. The molecule has 0 aliphatic rings. The van der Waals surface area contributed by atoms with Gasteiger partial charge in [-0.25, -0.2) is 34.9 Å². The highest BCUT2D eigenvalue weighted by atomic mass is 15.0. The molecule has 8 nitrogen and oxygen atoms in total. The molecule has 0 atom stereocenters. The van der Waals surface area contributed by atoms with E-state index >= 15 is 0 Å². The number of nitrogens with zero attached hydrogens (tertiary/aromatic N) is 8. The minimum Gasteiger partial charge on any atom is -0.309 e. The van der Waals surface area contributed by atoms with Gasteiger partial charge in [-0.3, -0.25) is 0 Å². The Morgan fingerprint density at radius 3 is 1.07 bits per heavy atom. The maximum Gasteiger partial charge on any atom is 0.164 e. The third-order valence-corrected chi connectivity index (χ3v) is 13.1. The molecule has 0 fully saturated rings. The number of hydrogen-bond acceptors (Lipinski definition) is 7. The van der Waals surface area contributed by atoms with E-state index in [0.29, 0.717) is 29.1 Å². The minimum atomic E-state index is 0.592. The van der Waals surface area contributed by atoms with Crippen molar-refractivity contribution in [2.75, 3.05) is 0 Å². The van der Waals surface area contributed by atoms with E-state index in [1.54, 1.807) is 0 Å². The van der Waals surface area contributed by atoms with E-state index < -0.39 is 0 Å². The number of fused-ring (bicyclic) bond motifs is 3. The van der Waals surface area contributed by atoms with E-state index in [2.05, 4.69) is 126 Å². The molecular weight excluding hydrogens is 893 g/mol. The van der Waals surface area contributed by atoms with Crippen molar-refractivity contribution in [3.05, 3.63) is 255 Å². The quantitative estimate of drug-likeness (QED) is 0.135. The molecule has 0 radical (unpaired) electrons. The lowest BCUT2D eigenvalue weighted by molar-refractivity contribution is 1.07. The first-order chi connectivity index (χ1) is 36.2.